The Morgan fingerprint density at radius 3 is 0.672 bits per heavy atom. The first-order chi connectivity index (χ1) is 30.2. The summed E-state index contributed by atoms with van der Waals surface area (Å²) < 4.78 is 7.47. The minimum Gasteiger partial charge on any atom is -0.309 e. The van der Waals surface area contributed by atoms with Crippen LogP contribution < -0.4 is 16.4 Å². The molecule has 9 aromatic carbocycles. The molecule has 0 bridgehead atoms. The molecule has 0 saturated carbocycles. The molecule has 0 spiro atoms. The second-order valence-electron chi connectivity index (χ2n) is 16.4. The molecule has 0 unspecified atom stereocenters. The van der Waals surface area contributed by atoms with Crippen molar-refractivity contribution in [2.24, 2.45) is 0 Å². The van der Waals surface area contributed by atoms with Crippen molar-refractivity contribution in [3.05, 3.63) is 182 Å². The highest BCUT2D eigenvalue weighted by atomic mass is 32.2. The Bertz CT molecular complexity index is 3310. The number of aromatic nitrogens is 3. The molecule has 3 aliphatic rings. The van der Waals surface area contributed by atoms with Crippen molar-refractivity contribution in [2.75, 3.05) is 0 Å². The minimum absolute atomic E-state index is 0.148. The summed E-state index contributed by atoms with van der Waals surface area (Å²) in [4.78, 5) is 8.08. The molecule has 282 valence electrons. The van der Waals surface area contributed by atoms with Gasteiger partial charge in [-0.1, -0.05) is 144 Å². The summed E-state index contributed by atoms with van der Waals surface area (Å²) in [6, 6.07) is 68.2. The molecule has 3 nitrogen and oxygen atoms in total. The molecule has 3 aromatic heterocycles. The average Bonchev–Trinajstić information content (AvgIpc) is 3.94. The number of para-hydroxylation sites is 6. The van der Waals surface area contributed by atoms with Crippen LogP contribution in [0, 0.1) is 0 Å². The topological polar surface area (TPSA) is 14.8 Å². The number of fused-ring (bicyclic) bond motifs is 9. The van der Waals surface area contributed by atoms with E-state index in [2.05, 4.69) is 196 Å². The zero-order chi connectivity index (χ0) is 39.5. The fraction of sp³-hybridized carbons (Fsp3) is 0. The first-order valence-corrected chi connectivity index (χ1v) is 23.2. The van der Waals surface area contributed by atoms with Gasteiger partial charge in [-0.25, -0.2) is 0 Å². The van der Waals surface area contributed by atoms with E-state index in [-0.39, 0.29) is 6.71 Å². The maximum absolute atomic E-state index is 2.49. The Labute approximate surface area is 363 Å². The van der Waals surface area contributed by atoms with Crippen LogP contribution in [-0.4, -0.2) is 20.4 Å². The maximum Gasteiger partial charge on any atom is 0.250 e. The van der Waals surface area contributed by atoms with Gasteiger partial charge in [-0.15, -0.1) is 0 Å². The molecule has 0 atom stereocenters. The Morgan fingerprint density at radius 2 is 0.459 bits per heavy atom. The molecular formula is C54H30BN3S3. The predicted molar refractivity (Wildman–Crippen MR) is 259 cm³/mol. The van der Waals surface area contributed by atoms with E-state index in [9.17, 15) is 0 Å². The first-order valence-electron chi connectivity index (χ1n) is 20.8. The molecule has 7 heteroatoms. The summed E-state index contributed by atoms with van der Waals surface area (Å²) in [7, 11) is 0. The third-order valence-corrected chi connectivity index (χ3v) is 16.7. The summed E-state index contributed by atoms with van der Waals surface area (Å²) in [5.74, 6) is 0. The van der Waals surface area contributed by atoms with Crippen molar-refractivity contribution in [3.8, 4) is 17.1 Å². The number of rotatable bonds is 3. The SMILES string of the molecule is c1ccc2c(c1)c1ccccc1n2-c1cc2c3c(c1)Sc1cc(-n4c5ccccc5c5ccccc54)cc4c1B3c1c(cc(-n3c5ccccc5c5ccccc53)cc1S4)S2. The standard InChI is InChI=1S/C54H30BN3S3/c1-7-19-40-34(13-1)35-14-2-8-20-41(35)56(40)31-25-46-52-47(26-31)60-49-28-33(58-44-23-11-5-17-38(44)39-18-6-12-24-45(39)58)30-51-54(49)55(52)53-48(59-46)27-32(29-50(53)61-51)57-42-21-9-3-15-36(42)37-16-4-10-22-43(37)57/h1-30H. The number of hydrogen-bond acceptors (Lipinski definition) is 3. The second kappa shape index (κ2) is 12.1. The number of hydrogen-bond donors (Lipinski definition) is 0. The van der Waals surface area contributed by atoms with Crippen LogP contribution in [0.4, 0.5) is 0 Å². The van der Waals surface area contributed by atoms with E-state index in [4.69, 9.17) is 0 Å². The molecule has 15 rings (SSSR count). The van der Waals surface area contributed by atoms with Gasteiger partial charge in [-0.05, 0) is 89.2 Å². The van der Waals surface area contributed by atoms with Crippen molar-refractivity contribution in [3.63, 3.8) is 0 Å². The van der Waals surface area contributed by atoms with Gasteiger partial charge in [-0.3, -0.25) is 0 Å². The van der Waals surface area contributed by atoms with Gasteiger partial charge in [-0.2, -0.15) is 0 Å². The third kappa shape index (κ3) is 4.40. The van der Waals surface area contributed by atoms with Gasteiger partial charge < -0.3 is 13.7 Å². The third-order valence-electron chi connectivity index (χ3n) is 13.3. The van der Waals surface area contributed by atoms with Crippen LogP contribution >= 0.6 is 35.3 Å². The van der Waals surface area contributed by atoms with Crippen LogP contribution in [0.25, 0.3) is 82.5 Å². The van der Waals surface area contributed by atoms with Gasteiger partial charge in [0.25, 0.3) is 0 Å². The molecular weight excluding hydrogens is 798 g/mol. The smallest absolute Gasteiger partial charge is 0.250 e. The van der Waals surface area contributed by atoms with Gasteiger partial charge in [0, 0.05) is 78.8 Å². The summed E-state index contributed by atoms with van der Waals surface area (Å²) in [5, 5.41) is 7.70. The van der Waals surface area contributed by atoms with Gasteiger partial charge in [0.1, 0.15) is 0 Å². The Balaban J connectivity index is 1.03. The van der Waals surface area contributed by atoms with E-state index >= 15 is 0 Å². The lowest BCUT2D eigenvalue weighted by atomic mass is 9.36. The molecule has 0 fully saturated rings. The molecule has 0 radical (unpaired) electrons. The van der Waals surface area contributed by atoms with Crippen LogP contribution in [0.5, 0.6) is 0 Å². The minimum atomic E-state index is 0.148. The Kier molecular flexibility index (Phi) is 6.58. The monoisotopic (exact) mass is 827 g/mol. The highest BCUT2D eigenvalue weighted by Gasteiger charge is 2.44. The van der Waals surface area contributed by atoms with Crippen molar-refractivity contribution in [1.82, 2.24) is 13.7 Å². The van der Waals surface area contributed by atoms with Crippen LogP contribution in [0.15, 0.2) is 211 Å². The molecule has 0 aliphatic carbocycles. The van der Waals surface area contributed by atoms with Crippen LogP contribution in [0.1, 0.15) is 0 Å². The lowest BCUT2D eigenvalue weighted by Gasteiger charge is -2.38. The number of benzene rings is 9. The van der Waals surface area contributed by atoms with E-state index in [1.807, 2.05) is 35.3 Å². The Morgan fingerprint density at radius 1 is 0.262 bits per heavy atom. The van der Waals surface area contributed by atoms with Crippen LogP contribution in [0.3, 0.4) is 0 Å². The summed E-state index contributed by atoms with van der Waals surface area (Å²) in [6.45, 7) is 0.148. The highest BCUT2D eigenvalue weighted by Crippen LogP contribution is 2.49. The van der Waals surface area contributed by atoms with Crippen molar-refractivity contribution < 1.29 is 0 Å². The van der Waals surface area contributed by atoms with Gasteiger partial charge in [0.05, 0.1) is 33.1 Å². The lowest BCUT2D eigenvalue weighted by Crippen LogP contribution is -2.60. The summed E-state index contributed by atoms with van der Waals surface area (Å²) in [6.07, 6.45) is 0. The highest BCUT2D eigenvalue weighted by molar-refractivity contribution is 8.02. The average molecular weight is 828 g/mol. The zero-order valence-corrected chi connectivity index (χ0v) is 34.9. The second-order valence-corrected chi connectivity index (χ2v) is 19.7. The molecule has 0 amide bonds. The van der Waals surface area contributed by atoms with Crippen molar-refractivity contribution in [1.29, 1.82) is 0 Å². The van der Waals surface area contributed by atoms with Gasteiger partial charge >= 0.3 is 0 Å². The quantitative estimate of drug-likeness (QED) is 0.165. The van der Waals surface area contributed by atoms with E-state index in [0.29, 0.717) is 0 Å². The Hall–Kier alpha value is -6.51. The molecule has 12 aromatic rings. The fourth-order valence-corrected chi connectivity index (χ4v) is 14.9. The normalized spacial score (nSPS) is 13.7. The van der Waals surface area contributed by atoms with Crippen LogP contribution in [0.2, 0.25) is 0 Å². The summed E-state index contributed by atoms with van der Waals surface area (Å²) in [5.41, 5.74) is 15.4. The molecule has 0 saturated heterocycles. The number of nitrogens with zero attached hydrogens (tertiary/aromatic N) is 3. The molecule has 6 heterocycles. The van der Waals surface area contributed by atoms with Crippen LogP contribution in [-0.2, 0) is 0 Å². The lowest BCUT2D eigenvalue weighted by molar-refractivity contribution is 1.12. The van der Waals surface area contributed by atoms with Gasteiger partial charge in [0.15, 0.2) is 0 Å². The van der Waals surface area contributed by atoms with Crippen molar-refractivity contribution >= 4 is 124 Å². The molecule has 3 aliphatic heterocycles. The largest absolute Gasteiger partial charge is 0.309 e. The maximum atomic E-state index is 2.49. The molecule has 0 N–H and O–H groups in total. The van der Waals surface area contributed by atoms with E-state index in [1.165, 1.54) is 128 Å². The predicted octanol–water partition coefficient (Wildman–Crippen LogP) is 12.9. The van der Waals surface area contributed by atoms with Gasteiger partial charge in [0.2, 0.25) is 6.71 Å². The summed E-state index contributed by atoms with van der Waals surface area (Å²) >= 11 is 5.88. The van der Waals surface area contributed by atoms with E-state index in [0.717, 1.165) is 0 Å². The van der Waals surface area contributed by atoms with E-state index in [1.54, 1.807) is 0 Å². The fourth-order valence-electron chi connectivity index (χ4n) is 10.9. The zero-order valence-electron chi connectivity index (χ0n) is 32.5. The molecule has 61 heavy (non-hydrogen) atoms. The van der Waals surface area contributed by atoms with E-state index < -0.39 is 0 Å². The first kappa shape index (κ1) is 33.2. The van der Waals surface area contributed by atoms with Crippen molar-refractivity contribution in [2.45, 2.75) is 29.4 Å².